The van der Waals surface area contributed by atoms with Crippen molar-refractivity contribution in [3.05, 3.63) is 182 Å². The third kappa shape index (κ3) is 95.2. The first-order chi connectivity index (χ1) is 59.2. The summed E-state index contributed by atoms with van der Waals surface area (Å²) in [7, 11) is -9.83. The highest BCUT2D eigenvalue weighted by molar-refractivity contribution is 7.47. The van der Waals surface area contributed by atoms with Crippen LogP contribution in [0.3, 0.4) is 0 Å². The van der Waals surface area contributed by atoms with E-state index >= 15 is 0 Å². The standard InChI is InChI=1S/C103H174O16P2/c1-4-7-10-13-16-19-22-25-28-31-34-37-39-41-43-45-46-47-48-49-50-52-54-55-57-60-62-65-68-71-74-77-80-83-86-89-101(106)113-92-98(104)93-115-120(109,110)116-94-99(105)95-117-121(111,112)118-97-100(119-103(108)91-88-85-82-79-76-73-70-67-64-59-36-33-30-27-24-21-18-15-12-9-6-3)96-114-102(107)90-87-84-81-78-75-72-69-66-63-61-58-56-53-51-44-42-40-38-35-32-29-26-23-20-17-14-11-8-5-2/h7,9-10,12,16-21,25-30,34-38,41-44,59,67,70,76,79,98-100,104-105H,4-6,8,11,13-15,22-24,31-33,39-40,45-58,60-66,68-69,71-75,77-78,80-97H2,1-3H3,(H,109,110)(H,111,112)/b10-7-,12-9-,19-16-,20-17-,21-18-,28-25-,29-26-,30-27-,37-34-,38-35-,43-41-,44-42-,59-36-,70-67-,79-76-. The number of carbonyl (C=O) groups is 3. The number of unbranched alkanes of at least 4 members (excludes halogenated alkanes) is 37. The maximum atomic E-state index is 13.1. The van der Waals surface area contributed by atoms with Gasteiger partial charge in [0, 0.05) is 19.3 Å². The van der Waals surface area contributed by atoms with Crippen LogP contribution in [0.25, 0.3) is 0 Å². The largest absolute Gasteiger partial charge is 0.472 e. The van der Waals surface area contributed by atoms with Crippen LogP contribution in [0.2, 0.25) is 0 Å². The van der Waals surface area contributed by atoms with E-state index in [0.29, 0.717) is 25.7 Å². The maximum absolute atomic E-state index is 13.1. The molecule has 0 fully saturated rings. The van der Waals surface area contributed by atoms with Crippen LogP contribution in [0.5, 0.6) is 0 Å². The van der Waals surface area contributed by atoms with E-state index in [0.717, 1.165) is 148 Å². The van der Waals surface area contributed by atoms with Gasteiger partial charge in [-0.15, -0.1) is 0 Å². The molecule has 0 aliphatic heterocycles. The molecule has 18 heteroatoms. The molecule has 0 bridgehead atoms. The third-order valence-corrected chi connectivity index (χ3v) is 22.0. The van der Waals surface area contributed by atoms with Gasteiger partial charge >= 0.3 is 33.6 Å². The van der Waals surface area contributed by atoms with E-state index in [2.05, 4.69) is 203 Å². The number of carbonyl (C=O) groups excluding carboxylic acids is 3. The zero-order valence-electron chi connectivity index (χ0n) is 76.4. The molecule has 0 rings (SSSR count). The normalized spacial score (nSPS) is 14.5. The molecule has 0 aliphatic rings. The Morgan fingerprint density at radius 3 is 0.711 bits per heavy atom. The molecule has 0 aromatic rings. The molecule has 121 heavy (non-hydrogen) atoms. The number of ether oxygens (including phenoxy) is 3. The number of aliphatic hydroxyl groups is 2. The maximum Gasteiger partial charge on any atom is 0.472 e. The van der Waals surface area contributed by atoms with Gasteiger partial charge in [-0.2, -0.15) is 0 Å². The van der Waals surface area contributed by atoms with Gasteiger partial charge in [-0.05, 0) is 161 Å². The Kier molecular flexibility index (Phi) is 89.6. The lowest BCUT2D eigenvalue weighted by Crippen LogP contribution is -2.30. The molecule has 0 amide bonds. The number of hydrogen-bond donors (Lipinski definition) is 4. The molecule has 4 N–H and O–H groups in total. The van der Waals surface area contributed by atoms with Crippen molar-refractivity contribution >= 4 is 33.6 Å². The predicted molar refractivity (Wildman–Crippen MR) is 509 cm³/mol. The van der Waals surface area contributed by atoms with Crippen LogP contribution in [-0.4, -0.2) is 95.9 Å². The first-order valence-corrected chi connectivity index (χ1v) is 51.1. The van der Waals surface area contributed by atoms with Crippen molar-refractivity contribution in [2.45, 2.75) is 411 Å². The van der Waals surface area contributed by atoms with E-state index in [1.165, 1.54) is 180 Å². The van der Waals surface area contributed by atoms with Crippen molar-refractivity contribution in [1.82, 2.24) is 0 Å². The van der Waals surface area contributed by atoms with Gasteiger partial charge < -0.3 is 34.2 Å². The molecule has 0 aromatic carbocycles. The Morgan fingerprint density at radius 2 is 0.438 bits per heavy atom. The molecule has 0 saturated heterocycles. The van der Waals surface area contributed by atoms with Crippen molar-refractivity contribution in [3.8, 4) is 0 Å². The molecule has 0 aromatic heterocycles. The minimum atomic E-state index is -4.96. The first kappa shape index (κ1) is 116. The topological polar surface area (TPSA) is 231 Å². The summed E-state index contributed by atoms with van der Waals surface area (Å²) in [6, 6.07) is 0. The molecule has 0 radical (unpaired) electrons. The SMILES string of the molecule is CC/C=C\C/C=C\C/C=C\C/C=C\C/C=C\C/C=C\CCCCC(=O)OC(COC(=O)CCCCCCCCCCCCCCC/C=C\C/C=C\C/C=C\C/C=C\CCCCC)COP(=O)(O)OCC(O)COP(=O)(O)OCC(O)COC(=O)CCCCCCCCCCCCCCCCCCCCC/C=C\C/C=C\C/C=C\C/C=C\C/C=C\CC. The molecule has 692 valence electrons. The molecule has 0 spiro atoms. The first-order valence-electron chi connectivity index (χ1n) is 48.1. The second kappa shape index (κ2) is 93.8. The summed E-state index contributed by atoms with van der Waals surface area (Å²) >= 11 is 0. The Hall–Kier alpha value is -5.35. The van der Waals surface area contributed by atoms with Crippen LogP contribution in [-0.2, 0) is 55.8 Å². The average molecular weight is 1730 g/mol. The lowest BCUT2D eigenvalue weighted by molar-refractivity contribution is -0.161. The number of esters is 3. The number of phosphoric acid groups is 2. The Bertz CT molecular complexity index is 2930. The summed E-state index contributed by atoms with van der Waals surface area (Å²) in [5, 5.41) is 20.8. The van der Waals surface area contributed by atoms with Crippen molar-refractivity contribution in [1.29, 1.82) is 0 Å². The van der Waals surface area contributed by atoms with Crippen LogP contribution >= 0.6 is 15.6 Å². The van der Waals surface area contributed by atoms with Crippen molar-refractivity contribution in [3.63, 3.8) is 0 Å². The number of aliphatic hydroxyl groups excluding tert-OH is 2. The number of allylic oxidation sites excluding steroid dienone is 30. The third-order valence-electron chi connectivity index (χ3n) is 20.1. The van der Waals surface area contributed by atoms with Gasteiger partial charge in [0.25, 0.3) is 0 Å². The highest BCUT2D eigenvalue weighted by Gasteiger charge is 2.30. The van der Waals surface area contributed by atoms with Crippen LogP contribution < -0.4 is 0 Å². The summed E-state index contributed by atoms with van der Waals surface area (Å²) in [4.78, 5) is 59.0. The van der Waals surface area contributed by atoms with E-state index in [-0.39, 0.29) is 19.3 Å². The van der Waals surface area contributed by atoms with E-state index < -0.39 is 91.5 Å². The van der Waals surface area contributed by atoms with Gasteiger partial charge in [0.05, 0.1) is 26.4 Å². The predicted octanol–water partition coefficient (Wildman–Crippen LogP) is 30.0. The molecule has 0 aliphatic carbocycles. The molecular weight excluding hydrogens is 1560 g/mol. The zero-order valence-corrected chi connectivity index (χ0v) is 78.2. The summed E-state index contributed by atoms with van der Waals surface area (Å²) < 4.78 is 61.5. The summed E-state index contributed by atoms with van der Waals surface area (Å²) in [5.41, 5.74) is 0. The number of hydrogen-bond acceptors (Lipinski definition) is 14. The van der Waals surface area contributed by atoms with Gasteiger partial charge in [-0.3, -0.25) is 32.5 Å². The molecule has 0 heterocycles. The second-order valence-electron chi connectivity index (χ2n) is 31.8. The number of rotatable bonds is 90. The Labute approximate surface area is 738 Å². The van der Waals surface area contributed by atoms with E-state index in [1.54, 1.807) is 0 Å². The van der Waals surface area contributed by atoms with Gasteiger partial charge in [-0.25, -0.2) is 9.13 Å². The summed E-state index contributed by atoms with van der Waals surface area (Å²) in [6.45, 7) is 2.42. The van der Waals surface area contributed by atoms with Crippen LogP contribution in [0.1, 0.15) is 393 Å². The van der Waals surface area contributed by atoms with Crippen molar-refractivity contribution < 1.29 is 75.8 Å². The Balaban J connectivity index is 4.56. The van der Waals surface area contributed by atoms with Gasteiger partial charge in [0.1, 0.15) is 25.4 Å². The van der Waals surface area contributed by atoms with Crippen LogP contribution in [0.4, 0.5) is 0 Å². The molecule has 16 nitrogen and oxygen atoms in total. The minimum Gasteiger partial charge on any atom is -0.463 e. The van der Waals surface area contributed by atoms with E-state index in [1.807, 2.05) is 0 Å². The quantitative estimate of drug-likeness (QED) is 0.0146. The molecule has 5 atom stereocenters. The minimum absolute atomic E-state index is 0.0448. The fraction of sp³-hybridized carbons (Fsp3) is 0.680. The lowest BCUT2D eigenvalue weighted by Gasteiger charge is -2.21. The van der Waals surface area contributed by atoms with Gasteiger partial charge in [0.2, 0.25) is 0 Å². The second-order valence-corrected chi connectivity index (χ2v) is 34.7. The summed E-state index contributed by atoms with van der Waals surface area (Å²) in [5.74, 6) is -1.62. The fourth-order valence-corrected chi connectivity index (χ4v) is 14.5. The van der Waals surface area contributed by atoms with Gasteiger partial charge in [-0.1, -0.05) is 396 Å². The fourth-order valence-electron chi connectivity index (χ4n) is 12.9. The highest BCUT2D eigenvalue weighted by Crippen LogP contribution is 2.45. The lowest BCUT2D eigenvalue weighted by atomic mass is 10.0. The molecule has 5 unspecified atom stereocenters. The smallest absolute Gasteiger partial charge is 0.463 e. The number of phosphoric ester groups is 2. The average Bonchev–Trinajstić information content (AvgIpc) is 0.952. The summed E-state index contributed by atoms with van der Waals surface area (Å²) in [6.07, 6.45) is 124. The van der Waals surface area contributed by atoms with Crippen molar-refractivity contribution in [2.75, 3.05) is 39.6 Å². The zero-order chi connectivity index (χ0) is 87.9. The monoisotopic (exact) mass is 1730 g/mol. The van der Waals surface area contributed by atoms with Crippen LogP contribution in [0.15, 0.2) is 182 Å². The Morgan fingerprint density at radius 1 is 0.240 bits per heavy atom. The molecule has 0 saturated carbocycles. The molecular formula is C103H174O16P2. The van der Waals surface area contributed by atoms with E-state index in [9.17, 15) is 43.5 Å². The van der Waals surface area contributed by atoms with Crippen LogP contribution in [0, 0.1) is 0 Å². The van der Waals surface area contributed by atoms with Crippen molar-refractivity contribution in [2.24, 2.45) is 0 Å². The van der Waals surface area contributed by atoms with Gasteiger partial charge in [0.15, 0.2) is 6.10 Å². The highest BCUT2D eigenvalue weighted by atomic mass is 31.2. The van der Waals surface area contributed by atoms with E-state index in [4.69, 9.17) is 32.3 Å².